The van der Waals surface area contributed by atoms with Gasteiger partial charge in [-0.2, -0.15) is 0 Å². The Kier molecular flexibility index (Phi) is 9.36. The van der Waals surface area contributed by atoms with Crippen molar-refractivity contribution in [3.8, 4) is 0 Å². The summed E-state index contributed by atoms with van der Waals surface area (Å²) in [7, 11) is 0. The van der Waals surface area contributed by atoms with E-state index in [0.29, 0.717) is 51.9 Å². The van der Waals surface area contributed by atoms with Crippen molar-refractivity contribution >= 4 is 36.1 Å². The Hall–Kier alpha value is -4.36. The van der Waals surface area contributed by atoms with Crippen LogP contribution in [-0.2, 0) is 25.6 Å². The first-order valence-electron chi connectivity index (χ1n) is 15.2. The van der Waals surface area contributed by atoms with Crippen molar-refractivity contribution in [3.63, 3.8) is 0 Å². The molecule has 4 aliphatic rings. The van der Waals surface area contributed by atoms with Crippen molar-refractivity contribution in [1.82, 2.24) is 30.7 Å². The van der Waals surface area contributed by atoms with E-state index < -0.39 is 28.3 Å². The quantitative estimate of drug-likeness (QED) is 0.420. The number of carbonyl (C=O) groups is 6. The third kappa shape index (κ3) is 8.03. The number of piperidine rings is 2. The Morgan fingerprint density at radius 2 is 1.20 bits per heavy atom. The van der Waals surface area contributed by atoms with Gasteiger partial charge in [0.05, 0.1) is 6.54 Å². The van der Waals surface area contributed by atoms with E-state index in [0.717, 1.165) is 5.56 Å². The molecule has 246 valence electrons. The number of hydrogen-bond donors (Lipinski definition) is 3. The van der Waals surface area contributed by atoms with Gasteiger partial charge in [-0.3, -0.25) is 19.8 Å². The minimum atomic E-state index is -0.912. The van der Waals surface area contributed by atoms with Gasteiger partial charge in [0.1, 0.15) is 22.3 Å². The van der Waals surface area contributed by atoms with Crippen LogP contribution in [0.4, 0.5) is 19.2 Å². The molecular formula is C31H44N6O8. The Morgan fingerprint density at radius 3 is 1.62 bits per heavy atom. The van der Waals surface area contributed by atoms with Crippen molar-refractivity contribution < 1.29 is 38.2 Å². The lowest BCUT2D eigenvalue weighted by atomic mass is 9.87. The molecule has 0 unspecified atom stereocenters. The van der Waals surface area contributed by atoms with Crippen LogP contribution in [0.3, 0.4) is 0 Å². The Morgan fingerprint density at radius 1 is 0.733 bits per heavy atom. The molecule has 0 saturated carbocycles. The summed E-state index contributed by atoms with van der Waals surface area (Å²) in [6.45, 7) is 12.7. The van der Waals surface area contributed by atoms with E-state index in [1.54, 1.807) is 30.6 Å². The van der Waals surface area contributed by atoms with Crippen molar-refractivity contribution in [2.24, 2.45) is 0 Å². The van der Waals surface area contributed by atoms with Gasteiger partial charge in [0.15, 0.2) is 0 Å². The van der Waals surface area contributed by atoms with Crippen LogP contribution in [0, 0.1) is 0 Å². The summed E-state index contributed by atoms with van der Waals surface area (Å²) in [4.78, 5) is 76.7. The van der Waals surface area contributed by atoms with E-state index in [4.69, 9.17) is 9.47 Å². The fourth-order valence-electron chi connectivity index (χ4n) is 5.60. The molecule has 0 aromatic heterocycles. The second-order valence-electron chi connectivity index (χ2n) is 13.8. The van der Waals surface area contributed by atoms with Gasteiger partial charge in [-0.05, 0) is 72.8 Å². The van der Waals surface area contributed by atoms with Gasteiger partial charge in [0, 0.05) is 26.2 Å². The number of benzene rings is 1. The van der Waals surface area contributed by atoms with Crippen LogP contribution in [0.15, 0.2) is 30.3 Å². The molecule has 4 heterocycles. The minimum absolute atomic E-state index is 0.213. The van der Waals surface area contributed by atoms with E-state index >= 15 is 0 Å². The Bertz CT molecular complexity index is 1320. The van der Waals surface area contributed by atoms with Gasteiger partial charge < -0.3 is 29.9 Å². The average molecular weight is 629 g/mol. The molecule has 3 N–H and O–H groups in total. The smallest absolute Gasteiger partial charge is 0.410 e. The highest BCUT2D eigenvalue weighted by atomic mass is 16.6. The highest BCUT2D eigenvalue weighted by Crippen LogP contribution is 2.31. The highest BCUT2D eigenvalue weighted by Gasteiger charge is 2.53. The molecule has 0 atom stereocenters. The second-order valence-corrected chi connectivity index (χ2v) is 13.8. The number of rotatable bonds is 2. The zero-order valence-electron chi connectivity index (χ0n) is 26.9. The van der Waals surface area contributed by atoms with Crippen LogP contribution in [-0.4, -0.2) is 99.2 Å². The summed E-state index contributed by atoms with van der Waals surface area (Å²) in [6.07, 6.45) is 0.829. The standard InChI is InChI=1S/C19H25N3O4.C12H19N3O4/c1-18(2,3)26-17(25)21-11-9-19(10-12-21)15(23)22(16(24)20-19)13-14-7-5-4-6-8-14;1-11(2,3)19-10(18)15-6-4-12(5-7-15)8(16)13-9(17)14-12/h4-8H,9-13H2,1-3H3,(H,20,24);4-7H2,1-3H3,(H2,13,14,16,17). The SMILES string of the molecule is CC(C)(C)OC(=O)N1CCC2(CC1)NC(=O)N(Cc1ccccc1)C2=O.CC(C)(C)OC(=O)N1CCC2(CC1)NC(=O)NC2=O. The maximum Gasteiger partial charge on any atom is 0.410 e. The van der Waals surface area contributed by atoms with Crippen molar-refractivity contribution in [1.29, 1.82) is 0 Å². The Balaban J connectivity index is 0.000000215. The lowest BCUT2D eigenvalue weighted by Gasteiger charge is -2.37. The molecule has 14 heteroatoms. The molecule has 4 fully saturated rings. The van der Waals surface area contributed by atoms with Gasteiger partial charge >= 0.3 is 24.2 Å². The number of nitrogens with one attached hydrogen (secondary N) is 3. The van der Waals surface area contributed by atoms with Crippen molar-refractivity contribution in [3.05, 3.63) is 35.9 Å². The maximum atomic E-state index is 12.9. The van der Waals surface area contributed by atoms with Crippen molar-refractivity contribution in [2.75, 3.05) is 26.2 Å². The zero-order valence-corrected chi connectivity index (χ0v) is 26.9. The number of imide groups is 2. The number of amides is 8. The number of hydrogen-bond acceptors (Lipinski definition) is 8. The lowest BCUT2D eigenvalue weighted by Crippen LogP contribution is -2.56. The zero-order chi connectivity index (χ0) is 33.2. The molecule has 2 spiro atoms. The van der Waals surface area contributed by atoms with Gasteiger partial charge in [0.2, 0.25) is 0 Å². The second kappa shape index (κ2) is 12.6. The predicted molar refractivity (Wildman–Crippen MR) is 162 cm³/mol. The topological polar surface area (TPSA) is 167 Å². The normalized spacial score (nSPS) is 20.7. The largest absolute Gasteiger partial charge is 0.444 e. The molecule has 4 saturated heterocycles. The van der Waals surface area contributed by atoms with Crippen LogP contribution < -0.4 is 16.0 Å². The fraction of sp³-hybridized carbons (Fsp3) is 0.613. The van der Waals surface area contributed by atoms with Gasteiger partial charge in [-0.25, -0.2) is 19.2 Å². The van der Waals surface area contributed by atoms with E-state index in [9.17, 15) is 28.8 Å². The third-order valence-corrected chi connectivity index (χ3v) is 7.98. The summed E-state index contributed by atoms with van der Waals surface area (Å²) in [5.41, 5.74) is -1.96. The molecule has 1 aromatic rings. The van der Waals surface area contributed by atoms with Gasteiger partial charge in [0.25, 0.3) is 11.8 Å². The molecule has 0 bridgehead atoms. The number of nitrogens with zero attached hydrogens (tertiary/aromatic N) is 3. The van der Waals surface area contributed by atoms with E-state index in [-0.39, 0.29) is 36.6 Å². The molecule has 8 amide bonds. The number of likely N-dealkylation sites (tertiary alicyclic amines) is 2. The average Bonchev–Trinajstić information content (AvgIpc) is 3.34. The van der Waals surface area contributed by atoms with Gasteiger partial charge in [-0.15, -0.1) is 0 Å². The maximum absolute atomic E-state index is 12.9. The van der Waals surface area contributed by atoms with Crippen LogP contribution in [0.1, 0.15) is 72.8 Å². The number of ether oxygens (including phenoxy) is 2. The summed E-state index contributed by atoms with van der Waals surface area (Å²) < 4.78 is 10.7. The molecule has 45 heavy (non-hydrogen) atoms. The molecule has 5 rings (SSSR count). The fourth-order valence-corrected chi connectivity index (χ4v) is 5.60. The first kappa shape index (κ1) is 33.5. The third-order valence-electron chi connectivity index (χ3n) is 7.98. The molecule has 1 aromatic carbocycles. The van der Waals surface area contributed by atoms with Crippen LogP contribution in [0.2, 0.25) is 0 Å². The molecule has 0 aliphatic carbocycles. The first-order chi connectivity index (χ1) is 20.9. The van der Waals surface area contributed by atoms with Crippen LogP contribution >= 0.6 is 0 Å². The molecule has 0 radical (unpaired) electrons. The van der Waals surface area contributed by atoms with Gasteiger partial charge in [-0.1, -0.05) is 30.3 Å². The summed E-state index contributed by atoms with van der Waals surface area (Å²) in [6, 6.07) is 8.59. The minimum Gasteiger partial charge on any atom is -0.444 e. The van der Waals surface area contributed by atoms with E-state index in [2.05, 4.69) is 16.0 Å². The first-order valence-corrected chi connectivity index (χ1v) is 15.2. The summed E-state index contributed by atoms with van der Waals surface area (Å²) in [5, 5.41) is 7.74. The predicted octanol–water partition coefficient (Wildman–Crippen LogP) is 3.10. The lowest BCUT2D eigenvalue weighted by molar-refractivity contribution is -0.133. The van der Waals surface area contributed by atoms with E-state index in [1.807, 2.05) is 51.1 Å². The summed E-state index contributed by atoms with van der Waals surface area (Å²) >= 11 is 0. The van der Waals surface area contributed by atoms with E-state index in [1.165, 1.54) is 4.90 Å². The molecular weight excluding hydrogens is 584 g/mol. The monoisotopic (exact) mass is 628 g/mol. The highest BCUT2D eigenvalue weighted by molar-refractivity contribution is 6.07. The Labute approximate surface area is 263 Å². The number of carbonyl (C=O) groups excluding carboxylic acids is 6. The van der Waals surface area contributed by atoms with Crippen molar-refractivity contribution in [2.45, 2.75) is 96.1 Å². The molecule has 4 aliphatic heterocycles. The molecule has 14 nitrogen and oxygen atoms in total. The summed E-state index contributed by atoms with van der Waals surface area (Å²) in [5.74, 6) is -0.517. The van der Waals surface area contributed by atoms with Crippen LogP contribution in [0.25, 0.3) is 0 Å². The van der Waals surface area contributed by atoms with Crippen LogP contribution in [0.5, 0.6) is 0 Å². The number of urea groups is 2.